The fourth-order valence-corrected chi connectivity index (χ4v) is 4.91. The van der Waals surface area contributed by atoms with Crippen molar-refractivity contribution in [2.75, 3.05) is 17.1 Å². The predicted molar refractivity (Wildman–Crippen MR) is 124 cm³/mol. The summed E-state index contributed by atoms with van der Waals surface area (Å²) in [5.41, 5.74) is 3.37. The number of ether oxygens (including phenoxy) is 1. The Labute approximate surface area is 185 Å². The number of anilines is 1. The first-order valence-corrected chi connectivity index (χ1v) is 12.4. The molecule has 0 aromatic heterocycles. The van der Waals surface area contributed by atoms with E-state index in [1.807, 2.05) is 70.2 Å². The Bertz CT molecular complexity index is 1060. The van der Waals surface area contributed by atoms with Crippen LogP contribution in [-0.4, -0.2) is 32.7 Å². The minimum absolute atomic E-state index is 0.0916. The van der Waals surface area contributed by atoms with Crippen molar-refractivity contribution in [3.63, 3.8) is 0 Å². The number of fused-ring (bicyclic) bond motifs is 1. The minimum atomic E-state index is -3.44. The molecule has 0 fully saturated rings. The summed E-state index contributed by atoms with van der Waals surface area (Å²) in [6.07, 6.45) is 2.55. The molecule has 0 spiro atoms. The Balaban J connectivity index is 1.64. The molecule has 1 aliphatic heterocycles. The van der Waals surface area contributed by atoms with Crippen molar-refractivity contribution < 1.29 is 17.9 Å². The number of nitrogens with zero attached hydrogens (tertiary/aromatic N) is 1. The minimum Gasteiger partial charge on any atom is -0.487 e. The third-order valence-corrected chi connectivity index (χ3v) is 6.85. The number of aryl methyl sites for hydroxylation is 2. The summed E-state index contributed by atoms with van der Waals surface area (Å²) >= 11 is 0. The predicted octanol–water partition coefficient (Wildman–Crippen LogP) is 4.27. The topological polar surface area (TPSA) is 75.7 Å². The van der Waals surface area contributed by atoms with Crippen molar-refractivity contribution in [2.24, 2.45) is 0 Å². The highest BCUT2D eigenvalue weighted by atomic mass is 32.2. The van der Waals surface area contributed by atoms with Gasteiger partial charge >= 0.3 is 0 Å². The van der Waals surface area contributed by atoms with Crippen molar-refractivity contribution in [3.8, 4) is 5.75 Å². The van der Waals surface area contributed by atoms with E-state index in [2.05, 4.69) is 5.32 Å². The van der Waals surface area contributed by atoms with Gasteiger partial charge < -0.3 is 10.1 Å². The van der Waals surface area contributed by atoms with Crippen molar-refractivity contribution in [1.82, 2.24) is 5.32 Å². The van der Waals surface area contributed by atoms with Gasteiger partial charge in [-0.3, -0.25) is 9.10 Å². The van der Waals surface area contributed by atoms with Gasteiger partial charge in [0.2, 0.25) is 15.9 Å². The van der Waals surface area contributed by atoms with Gasteiger partial charge in [-0.15, -0.1) is 0 Å². The van der Waals surface area contributed by atoms with Crippen molar-refractivity contribution in [3.05, 3.63) is 59.2 Å². The van der Waals surface area contributed by atoms with Crippen LogP contribution in [0, 0.1) is 13.8 Å². The van der Waals surface area contributed by atoms with Crippen LogP contribution in [-0.2, 0) is 14.8 Å². The molecule has 0 radical (unpaired) electrons. The zero-order valence-corrected chi connectivity index (χ0v) is 19.8. The Kier molecular flexibility index (Phi) is 6.65. The highest BCUT2D eigenvalue weighted by Gasteiger charge is 2.34. The highest BCUT2D eigenvalue weighted by molar-refractivity contribution is 7.92. The fourth-order valence-electron chi connectivity index (χ4n) is 3.95. The summed E-state index contributed by atoms with van der Waals surface area (Å²) in [6, 6.07) is 13.2. The lowest BCUT2D eigenvalue weighted by atomic mass is 9.89. The van der Waals surface area contributed by atoms with E-state index in [0.717, 1.165) is 22.4 Å². The van der Waals surface area contributed by atoms with E-state index in [-0.39, 0.29) is 30.5 Å². The van der Waals surface area contributed by atoms with Crippen LogP contribution in [0.2, 0.25) is 0 Å². The molecule has 0 bridgehead atoms. The van der Waals surface area contributed by atoms with Gasteiger partial charge in [0.25, 0.3) is 0 Å². The van der Waals surface area contributed by atoms with Crippen molar-refractivity contribution >= 4 is 21.6 Å². The fraction of sp³-hybridized carbons (Fsp3) is 0.458. The molecule has 6 nitrogen and oxygen atoms in total. The third kappa shape index (κ3) is 5.79. The SMILES string of the molecule is Cc1ccc(N(CCCC(=O)NC2CC(C)(C)Oc3ccccc32)S(C)(=O)=O)cc1C. The van der Waals surface area contributed by atoms with E-state index >= 15 is 0 Å². The monoisotopic (exact) mass is 444 g/mol. The molecule has 31 heavy (non-hydrogen) atoms. The molecule has 0 saturated carbocycles. The van der Waals surface area contributed by atoms with Crippen LogP contribution in [0.25, 0.3) is 0 Å². The second kappa shape index (κ2) is 8.91. The summed E-state index contributed by atoms with van der Waals surface area (Å²) in [7, 11) is -3.44. The normalized spacial score (nSPS) is 17.4. The van der Waals surface area contributed by atoms with Crippen LogP contribution < -0.4 is 14.4 Å². The van der Waals surface area contributed by atoms with Crippen LogP contribution in [0.4, 0.5) is 5.69 Å². The first kappa shape index (κ1) is 23.1. The summed E-state index contributed by atoms with van der Waals surface area (Å²) in [6.45, 7) is 8.22. The molecule has 168 valence electrons. The molecule has 2 aromatic carbocycles. The van der Waals surface area contributed by atoms with E-state index in [9.17, 15) is 13.2 Å². The van der Waals surface area contributed by atoms with E-state index < -0.39 is 10.0 Å². The number of hydrogen-bond acceptors (Lipinski definition) is 4. The zero-order valence-electron chi connectivity index (χ0n) is 18.9. The van der Waals surface area contributed by atoms with Crippen LogP contribution in [0.1, 0.15) is 55.8 Å². The highest BCUT2D eigenvalue weighted by Crippen LogP contribution is 2.39. The van der Waals surface area contributed by atoms with Gasteiger partial charge in [0.15, 0.2) is 0 Å². The zero-order chi connectivity index (χ0) is 22.8. The maximum absolute atomic E-state index is 12.7. The van der Waals surface area contributed by atoms with Crippen LogP contribution >= 0.6 is 0 Å². The number of nitrogens with one attached hydrogen (secondary N) is 1. The number of sulfonamides is 1. The molecule has 1 atom stereocenters. The summed E-state index contributed by atoms with van der Waals surface area (Å²) in [4.78, 5) is 12.7. The standard InChI is InChI=1S/C24H32N2O4S/c1-17-12-13-19(15-18(17)2)26(31(5,28)29)14-8-11-23(27)25-21-16-24(3,4)30-22-10-7-6-9-20(21)22/h6-7,9-10,12-13,15,21H,8,11,14,16H2,1-5H3,(H,25,27). The van der Waals surface area contributed by atoms with Gasteiger partial charge in [0.1, 0.15) is 11.4 Å². The second-order valence-corrected chi connectivity index (χ2v) is 10.8. The molecule has 1 amide bonds. The molecule has 1 unspecified atom stereocenters. The molecule has 0 aliphatic carbocycles. The van der Waals surface area contributed by atoms with Gasteiger partial charge in [-0.1, -0.05) is 24.3 Å². The Hall–Kier alpha value is -2.54. The summed E-state index contributed by atoms with van der Waals surface area (Å²) in [5.74, 6) is 0.702. The van der Waals surface area contributed by atoms with E-state index in [0.29, 0.717) is 18.5 Å². The van der Waals surface area contributed by atoms with Gasteiger partial charge in [0, 0.05) is 24.9 Å². The number of hydrogen-bond donors (Lipinski definition) is 1. The van der Waals surface area contributed by atoms with E-state index in [4.69, 9.17) is 4.74 Å². The van der Waals surface area contributed by atoms with Gasteiger partial charge in [-0.25, -0.2) is 8.42 Å². The lowest BCUT2D eigenvalue weighted by Gasteiger charge is -2.37. The Morgan fingerprint density at radius 2 is 1.87 bits per heavy atom. The molecule has 1 heterocycles. The average Bonchev–Trinajstić information content (AvgIpc) is 2.66. The van der Waals surface area contributed by atoms with Gasteiger partial charge in [-0.2, -0.15) is 0 Å². The lowest BCUT2D eigenvalue weighted by molar-refractivity contribution is -0.122. The molecule has 2 aromatic rings. The number of amides is 1. The molecule has 1 aliphatic rings. The van der Waals surface area contributed by atoms with Crippen molar-refractivity contribution in [2.45, 2.75) is 58.6 Å². The van der Waals surface area contributed by atoms with Crippen LogP contribution in [0.3, 0.4) is 0 Å². The Morgan fingerprint density at radius 3 is 2.55 bits per heavy atom. The third-order valence-electron chi connectivity index (χ3n) is 5.66. The molecule has 7 heteroatoms. The molecular formula is C24H32N2O4S. The quantitative estimate of drug-likeness (QED) is 0.692. The van der Waals surface area contributed by atoms with E-state index in [1.54, 1.807) is 0 Å². The maximum Gasteiger partial charge on any atom is 0.232 e. The van der Waals surface area contributed by atoms with Gasteiger partial charge in [-0.05, 0) is 63.4 Å². The average molecular weight is 445 g/mol. The summed E-state index contributed by atoms with van der Waals surface area (Å²) in [5, 5.41) is 3.11. The van der Waals surface area contributed by atoms with E-state index in [1.165, 1.54) is 10.6 Å². The first-order chi connectivity index (χ1) is 14.5. The summed E-state index contributed by atoms with van der Waals surface area (Å²) < 4.78 is 32.1. The maximum atomic E-state index is 12.7. The molecule has 1 N–H and O–H groups in total. The largest absolute Gasteiger partial charge is 0.487 e. The number of rotatable bonds is 7. The lowest BCUT2D eigenvalue weighted by Crippen LogP contribution is -2.41. The second-order valence-electron chi connectivity index (χ2n) is 8.93. The van der Waals surface area contributed by atoms with Gasteiger partial charge in [0.05, 0.1) is 18.0 Å². The van der Waals surface area contributed by atoms with Crippen LogP contribution in [0.15, 0.2) is 42.5 Å². The van der Waals surface area contributed by atoms with Crippen molar-refractivity contribution in [1.29, 1.82) is 0 Å². The number of carbonyl (C=O) groups is 1. The van der Waals surface area contributed by atoms with Crippen LogP contribution in [0.5, 0.6) is 5.75 Å². The first-order valence-electron chi connectivity index (χ1n) is 10.6. The molecular weight excluding hydrogens is 412 g/mol. The molecule has 3 rings (SSSR count). The Morgan fingerprint density at radius 1 is 1.16 bits per heavy atom. The number of para-hydroxylation sites is 1. The smallest absolute Gasteiger partial charge is 0.232 e. The molecule has 0 saturated heterocycles. The number of benzene rings is 2. The number of carbonyl (C=O) groups excluding carboxylic acids is 1.